The van der Waals surface area contributed by atoms with Crippen molar-refractivity contribution in [2.75, 3.05) is 20.3 Å². The number of nitrogens with one attached hydrogen (secondary N) is 2. The van der Waals surface area contributed by atoms with Crippen LogP contribution in [0.2, 0.25) is 0 Å². The van der Waals surface area contributed by atoms with Gasteiger partial charge in [0.1, 0.15) is 6.61 Å². The van der Waals surface area contributed by atoms with Crippen molar-refractivity contribution in [2.24, 2.45) is 0 Å². The lowest BCUT2D eigenvalue weighted by atomic mass is 9.98. The van der Waals surface area contributed by atoms with Crippen LogP contribution in [0.3, 0.4) is 0 Å². The van der Waals surface area contributed by atoms with E-state index in [1.165, 1.54) is 7.11 Å². The Hall–Kier alpha value is -3.39. The van der Waals surface area contributed by atoms with Gasteiger partial charge in [0, 0.05) is 38.0 Å². The van der Waals surface area contributed by atoms with Crippen molar-refractivity contribution in [3.8, 4) is 11.1 Å². The van der Waals surface area contributed by atoms with Gasteiger partial charge >= 0.3 is 12.1 Å². The lowest BCUT2D eigenvalue weighted by molar-refractivity contribution is -0.149. The fourth-order valence-corrected chi connectivity index (χ4v) is 4.10. The van der Waals surface area contributed by atoms with E-state index in [1.54, 1.807) is 13.8 Å². The van der Waals surface area contributed by atoms with Crippen LogP contribution in [-0.4, -0.2) is 55.0 Å². The summed E-state index contributed by atoms with van der Waals surface area (Å²) in [6, 6.07) is 16.2. The molecule has 0 aliphatic heterocycles. The average molecular weight is 455 g/mol. The number of rotatable bonds is 10. The molecule has 0 saturated heterocycles. The second kappa shape index (κ2) is 10.5. The number of hydrogen-bond acceptors (Lipinski definition) is 5. The van der Waals surface area contributed by atoms with E-state index in [2.05, 4.69) is 22.8 Å². The topological polar surface area (TPSA) is 114 Å². The number of carboxylic acid groups (broad SMARTS) is 1. The molecule has 8 heteroatoms. The molecule has 1 unspecified atom stereocenters. The Labute approximate surface area is 193 Å². The number of carboxylic acids is 1. The molecule has 0 saturated carbocycles. The Bertz CT molecular complexity index is 974. The van der Waals surface area contributed by atoms with Gasteiger partial charge in [-0.1, -0.05) is 48.5 Å². The summed E-state index contributed by atoms with van der Waals surface area (Å²) >= 11 is 0. The molecular weight excluding hydrogens is 424 g/mol. The number of alkyl carbamates (subject to hydrolysis) is 1. The highest BCUT2D eigenvalue weighted by Gasteiger charge is 2.30. The number of aliphatic carboxylic acids is 1. The van der Waals surface area contributed by atoms with Gasteiger partial charge in [-0.2, -0.15) is 0 Å². The number of amides is 2. The van der Waals surface area contributed by atoms with Gasteiger partial charge in [0.2, 0.25) is 5.91 Å². The fraction of sp³-hybridized carbons (Fsp3) is 0.400. The molecule has 3 N–H and O–H groups in total. The molecule has 1 aliphatic carbocycles. The number of carbonyl (C=O) groups excluding carboxylic acids is 2. The number of benzene rings is 2. The lowest BCUT2D eigenvalue weighted by Crippen LogP contribution is -2.47. The second-order valence-corrected chi connectivity index (χ2v) is 8.71. The maximum Gasteiger partial charge on any atom is 0.407 e. The van der Waals surface area contributed by atoms with Crippen molar-refractivity contribution in [1.29, 1.82) is 0 Å². The number of methoxy groups -OCH3 is 1. The molecule has 0 fully saturated rings. The van der Waals surface area contributed by atoms with Crippen LogP contribution in [0.5, 0.6) is 0 Å². The van der Waals surface area contributed by atoms with Gasteiger partial charge in [-0.25, -0.2) is 9.59 Å². The normalized spacial score (nSPS) is 13.5. The van der Waals surface area contributed by atoms with E-state index in [1.807, 2.05) is 36.4 Å². The Morgan fingerprint density at radius 2 is 1.61 bits per heavy atom. The summed E-state index contributed by atoms with van der Waals surface area (Å²) in [7, 11) is 1.31. The zero-order chi connectivity index (χ0) is 24.0. The highest BCUT2D eigenvalue weighted by molar-refractivity contribution is 5.80. The maximum atomic E-state index is 12.5. The molecule has 2 aromatic carbocycles. The largest absolute Gasteiger partial charge is 0.479 e. The Morgan fingerprint density at radius 1 is 1.03 bits per heavy atom. The van der Waals surface area contributed by atoms with Gasteiger partial charge in [0.05, 0.1) is 0 Å². The molecule has 0 aromatic heterocycles. The van der Waals surface area contributed by atoms with Crippen LogP contribution in [0.1, 0.15) is 43.7 Å². The summed E-state index contributed by atoms with van der Waals surface area (Å²) in [4.78, 5) is 35.7. The minimum Gasteiger partial charge on any atom is -0.479 e. The molecule has 2 amide bonds. The van der Waals surface area contributed by atoms with Crippen molar-refractivity contribution in [3.05, 3.63) is 59.7 Å². The predicted octanol–water partition coefficient (Wildman–Crippen LogP) is 3.30. The number of fused-ring (bicyclic) bond motifs is 3. The highest BCUT2D eigenvalue weighted by atomic mass is 16.5. The molecule has 2 aromatic rings. The van der Waals surface area contributed by atoms with Crippen molar-refractivity contribution in [3.63, 3.8) is 0 Å². The molecule has 3 rings (SSSR count). The van der Waals surface area contributed by atoms with E-state index in [0.717, 1.165) is 22.3 Å². The minimum atomic E-state index is -1.08. The summed E-state index contributed by atoms with van der Waals surface area (Å²) < 4.78 is 10.4. The smallest absolute Gasteiger partial charge is 0.407 e. The van der Waals surface area contributed by atoms with Crippen molar-refractivity contribution >= 4 is 18.0 Å². The van der Waals surface area contributed by atoms with E-state index in [-0.39, 0.29) is 37.8 Å². The van der Waals surface area contributed by atoms with Crippen LogP contribution in [-0.2, 0) is 19.1 Å². The summed E-state index contributed by atoms with van der Waals surface area (Å²) in [6.07, 6.45) is -1.41. The van der Waals surface area contributed by atoms with E-state index in [0.29, 0.717) is 0 Å². The molecule has 1 aliphatic rings. The molecule has 0 bridgehead atoms. The molecular formula is C25H30N2O6. The van der Waals surface area contributed by atoms with Gasteiger partial charge in [0.25, 0.3) is 0 Å². The fourth-order valence-electron chi connectivity index (χ4n) is 4.10. The lowest BCUT2D eigenvalue weighted by Gasteiger charge is -2.26. The van der Waals surface area contributed by atoms with Crippen LogP contribution >= 0.6 is 0 Å². The third kappa shape index (κ3) is 6.10. The SMILES string of the molecule is COC(CCNC(=O)CC(C)(C)NC(=O)OCC1c2ccccc2-c2ccccc21)C(=O)O. The summed E-state index contributed by atoms with van der Waals surface area (Å²) in [5.41, 5.74) is 3.71. The molecule has 8 nitrogen and oxygen atoms in total. The molecule has 0 spiro atoms. The third-order valence-electron chi connectivity index (χ3n) is 5.68. The number of ether oxygens (including phenoxy) is 2. The van der Waals surface area contributed by atoms with Gasteiger partial charge in [-0.05, 0) is 36.1 Å². The van der Waals surface area contributed by atoms with Crippen LogP contribution in [0.25, 0.3) is 11.1 Å². The van der Waals surface area contributed by atoms with Crippen LogP contribution in [0.4, 0.5) is 4.79 Å². The molecule has 0 heterocycles. The van der Waals surface area contributed by atoms with Crippen LogP contribution in [0.15, 0.2) is 48.5 Å². The molecule has 176 valence electrons. The van der Waals surface area contributed by atoms with Crippen LogP contribution in [0, 0.1) is 0 Å². The Morgan fingerprint density at radius 3 is 2.15 bits per heavy atom. The number of carbonyl (C=O) groups is 3. The highest BCUT2D eigenvalue weighted by Crippen LogP contribution is 2.44. The zero-order valence-corrected chi connectivity index (χ0v) is 19.1. The first-order valence-corrected chi connectivity index (χ1v) is 10.9. The predicted molar refractivity (Wildman–Crippen MR) is 123 cm³/mol. The maximum absolute atomic E-state index is 12.5. The summed E-state index contributed by atoms with van der Waals surface area (Å²) in [5, 5.41) is 14.4. The molecule has 0 radical (unpaired) electrons. The van der Waals surface area contributed by atoms with Crippen LogP contribution < -0.4 is 10.6 Å². The monoisotopic (exact) mass is 454 g/mol. The van der Waals surface area contributed by atoms with Gasteiger partial charge < -0.3 is 25.2 Å². The average Bonchev–Trinajstić information content (AvgIpc) is 3.08. The van der Waals surface area contributed by atoms with E-state index < -0.39 is 23.7 Å². The van der Waals surface area contributed by atoms with E-state index in [9.17, 15) is 14.4 Å². The first-order valence-electron chi connectivity index (χ1n) is 10.9. The van der Waals surface area contributed by atoms with Gasteiger partial charge in [0.15, 0.2) is 6.10 Å². The van der Waals surface area contributed by atoms with Gasteiger partial charge in [-0.15, -0.1) is 0 Å². The summed E-state index contributed by atoms with van der Waals surface area (Å²) in [5.74, 6) is -1.43. The van der Waals surface area contributed by atoms with Crippen molar-refractivity contribution in [2.45, 2.75) is 44.2 Å². The summed E-state index contributed by atoms with van der Waals surface area (Å²) in [6.45, 7) is 3.80. The molecule has 33 heavy (non-hydrogen) atoms. The van der Waals surface area contributed by atoms with E-state index >= 15 is 0 Å². The standard InChI is InChI=1S/C25H30N2O6/c1-25(2,14-22(28)26-13-12-21(32-3)23(29)30)27-24(31)33-15-20-18-10-6-4-8-16(18)17-9-5-7-11-19(17)20/h4-11,20-21H,12-15H2,1-3H3,(H,26,28)(H,27,31)(H,29,30). The first-order chi connectivity index (χ1) is 15.7. The zero-order valence-electron chi connectivity index (χ0n) is 19.1. The van der Waals surface area contributed by atoms with Crippen molar-refractivity contribution < 1.29 is 29.0 Å². The number of hydrogen-bond donors (Lipinski definition) is 3. The van der Waals surface area contributed by atoms with E-state index in [4.69, 9.17) is 14.6 Å². The first kappa shape index (κ1) is 24.3. The minimum absolute atomic E-state index is 0.0158. The Kier molecular flexibility index (Phi) is 7.71. The second-order valence-electron chi connectivity index (χ2n) is 8.71. The van der Waals surface area contributed by atoms with Gasteiger partial charge in [-0.3, -0.25) is 4.79 Å². The third-order valence-corrected chi connectivity index (χ3v) is 5.68. The molecule has 1 atom stereocenters. The van der Waals surface area contributed by atoms with Crippen molar-refractivity contribution in [1.82, 2.24) is 10.6 Å². The quantitative estimate of drug-likeness (QED) is 0.508. The Balaban J connectivity index is 1.50.